The smallest absolute Gasteiger partial charge is 0.341 e. The van der Waals surface area contributed by atoms with E-state index >= 15 is 0 Å². The number of urea groups is 1. The first-order chi connectivity index (χ1) is 11.4. The minimum atomic E-state index is -0.218. The van der Waals surface area contributed by atoms with Gasteiger partial charge in [-0.25, -0.2) is 14.8 Å². The van der Waals surface area contributed by atoms with E-state index in [1.165, 1.54) is 9.91 Å². The molecular formula is C17H25N5O2. The summed E-state index contributed by atoms with van der Waals surface area (Å²) in [5.41, 5.74) is 0.676. The van der Waals surface area contributed by atoms with Gasteiger partial charge in [-0.05, 0) is 30.4 Å². The Morgan fingerprint density at radius 2 is 1.88 bits per heavy atom. The third kappa shape index (κ3) is 2.90. The predicted molar refractivity (Wildman–Crippen MR) is 92.7 cm³/mol. The van der Waals surface area contributed by atoms with Gasteiger partial charge in [0, 0.05) is 33.4 Å². The predicted octanol–water partition coefficient (Wildman–Crippen LogP) is 1.81. The lowest BCUT2D eigenvalue weighted by molar-refractivity contribution is -0.132. The second kappa shape index (κ2) is 6.30. The average molecular weight is 331 g/mol. The molecule has 0 aliphatic carbocycles. The quantitative estimate of drug-likeness (QED) is 0.829. The molecule has 130 valence electrons. The van der Waals surface area contributed by atoms with E-state index in [4.69, 9.17) is 0 Å². The molecule has 1 saturated heterocycles. The van der Waals surface area contributed by atoms with Crippen LogP contribution in [0.5, 0.6) is 0 Å². The first-order valence-electron chi connectivity index (χ1n) is 8.40. The molecule has 2 unspecified atom stereocenters. The highest BCUT2D eigenvalue weighted by Gasteiger charge is 2.35. The molecule has 0 spiro atoms. The van der Waals surface area contributed by atoms with E-state index in [1.807, 2.05) is 11.0 Å². The van der Waals surface area contributed by atoms with Crippen molar-refractivity contribution in [3.63, 3.8) is 0 Å². The number of amides is 3. The molecular weight excluding hydrogens is 306 g/mol. The van der Waals surface area contributed by atoms with Crippen molar-refractivity contribution < 1.29 is 9.59 Å². The van der Waals surface area contributed by atoms with E-state index in [-0.39, 0.29) is 18.5 Å². The van der Waals surface area contributed by atoms with Crippen molar-refractivity contribution in [3.05, 3.63) is 18.3 Å². The summed E-state index contributed by atoms with van der Waals surface area (Å²) < 4.78 is 0. The van der Waals surface area contributed by atoms with Crippen LogP contribution in [-0.2, 0) is 4.79 Å². The fourth-order valence-corrected chi connectivity index (χ4v) is 3.65. The van der Waals surface area contributed by atoms with E-state index in [2.05, 4.69) is 18.8 Å². The van der Waals surface area contributed by atoms with Crippen LogP contribution in [0.2, 0.25) is 0 Å². The molecule has 3 rings (SSSR count). The van der Waals surface area contributed by atoms with Crippen LogP contribution in [0.3, 0.4) is 0 Å². The van der Waals surface area contributed by atoms with Crippen molar-refractivity contribution >= 4 is 23.4 Å². The molecule has 2 aliphatic rings. The Morgan fingerprint density at radius 1 is 1.21 bits per heavy atom. The van der Waals surface area contributed by atoms with Crippen molar-refractivity contribution in [1.82, 2.24) is 14.9 Å². The van der Waals surface area contributed by atoms with Gasteiger partial charge in [-0.2, -0.15) is 0 Å². The number of hydrogen-bond donors (Lipinski definition) is 0. The molecule has 1 aromatic heterocycles. The Balaban J connectivity index is 1.82. The molecule has 1 aromatic rings. The first kappa shape index (κ1) is 16.5. The van der Waals surface area contributed by atoms with Gasteiger partial charge in [0.1, 0.15) is 6.54 Å². The van der Waals surface area contributed by atoms with Gasteiger partial charge >= 0.3 is 6.03 Å². The minimum absolute atomic E-state index is 0.00509. The lowest BCUT2D eigenvalue weighted by atomic mass is 9.92. The summed E-state index contributed by atoms with van der Waals surface area (Å²) in [6.07, 6.45) is 2.83. The lowest BCUT2D eigenvalue weighted by Crippen LogP contribution is -2.56. The van der Waals surface area contributed by atoms with Crippen LogP contribution in [0.15, 0.2) is 18.3 Å². The third-order valence-electron chi connectivity index (χ3n) is 4.84. The maximum atomic E-state index is 12.8. The van der Waals surface area contributed by atoms with Crippen molar-refractivity contribution in [2.24, 2.45) is 11.8 Å². The van der Waals surface area contributed by atoms with Gasteiger partial charge < -0.3 is 4.90 Å². The highest BCUT2D eigenvalue weighted by Crippen LogP contribution is 2.32. The molecule has 0 N–H and O–H groups in total. The Morgan fingerprint density at radius 3 is 2.54 bits per heavy atom. The topological polar surface area (TPSA) is 60.0 Å². The molecule has 2 aliphatic heterocycles. The number of likely N-dealkylation sites (tertiary alicyclic amines) is 1. The number of rotatable bonds is 2. The van der Waals surface area contributed by atoms with Crippen LogP contribution in [0.4, 0.5) is 16.3 Å². The summed E-state index contributed by atoms with van der Waals surface area (Å²) in [5.74, 6) is 1.66. The van der Waals surface area contributed by atoms with Crippen molar-refractivity contribution in [2.75, 3.05) is 43.6 Å². The number of anilines is 2. The maximum absolute atomic E-state index is 12.8. The van der Waals surface area contributed by atoms with Gasteiger partial charge in [0.2, 0.25) is 5.91 Å². The Labute approximate surface area is 142 Å². The summed E-state index contributed by atoms with van der Waals surface area (Å²) in [4.78, 5) is 33.2. The number of aromatic nitrogens is 1. The molecule has 0 bridgehead atoms. The number of carbonyl (C=O) groups excluding carboxylic acids is 2. The second-order valence-corrected chi connectivity index (χ2v) is 7.01. The summed E-state index contributed by atoms with van der Waals surface area (Å²) in [7, 11) is 3.47. The molecule has 24 heavy (non-hydrogen) atoms. The molecule has 7 heteroatoms. The van der Waals surface area contributed by atoms with Gasteiger partial charge in [0.05, 0.1) is 5.69 Å². The standard InChI is InChI=1S/C17H25N5O2/c1-12-8-13(2)10-21(9-12)15(23)11-22-14-6-5-7-18-16(14)19(3)20(4)17(22)24/h5-7,12-13H,8-11H2,1-4H3. The fraction of sp³-hybridized carbons (Fsp3) is 0.588. The normalized spacial score (nSPS) is 24.2. The third-order valence-corrected chi connectivity index (χ3v) is 4.84. The Hall–Kier alpha value is -2.31. The summed E-state index contributed by atoms with van der Waals surface area (Å²) in [6.45, 7) is 5.92. The zero-order valence-electron chi connectivity index (χ0n) is 14.8. The molecule has 0 radical (unpaired) electrons. The summed E-state index contributed by atoms with van der Waals surface area (Å²) in [5, 5.41) is 3.17. The summed E-state index contributed by atoms with van der Waals surface area (Å²) in [6, 6.07) is 3.40. The van der Waals surface area contributed by atoms with E-state index in [0.717, 1.165) is 19.5 Å². The fourth-order valence-electron chi connectivity index (χ4n) is 3.65. The number of piperidine rings is 1. The van der Waals surface area contributed by atoms with Gasteiger partial charge in [-0.3, -0.25) is 14.7 Å². The highest BCUT2D eigenvalue weighted by atomic mass is 16.2. The monoisotopic (exact) mass is 331 g/mol. The largest absolute Gasteiger partial charge is 0.343 e. The Kier molecular flexibility index (Phi) is 4.34. The zero-order valence-corrected chi connectivity index (χ0v) is 14.8. The van der Waals surface area contributed by atoms with Crippen LogP contribution in [-0.4, -0.2) is 60.6 Å². The van der Waals surface area contributed by atoms with Crippen LogP contribution >= 0.6 is 0 Å². The van der Waals surface area contributed by atoms with Crippen LogP contribution in [0, 0.1) is 11.8 Å². The van der Waals surface area contributed by atoms with Crippen molar-refractivity contribution in [1.29, 1.82) is 0 Å². The number of carbonyl (C=O) groups is 2. The molecule has 1 fully saturated rings. The number of hydrazine groups is 1. The molecule has 2 atom stereocenters. The number of nitrogens with zero attached hydrogens (tertiary/aromatic N) is 5. The van der Waals surface area contributed by atoms with Gasteiger partial charge in [-0.1, -0.05) is 13.8 Å². The van der Waals surface area contributed by atoms with Gasteiger partial charge in [0.25, 0.3) is 0 Å². The number of pyridine rings is 1. The molecule has 0 aromatic carbocycles. The number of fused-ring (bicyclic) bond motifs is 1. The van der Waals surface area contributed by atoms with Gasteiger partial charge in [0.15, 0.2) is 5.82 Å². The lowest BCUT2D eigenvalue weighted by Gasteiger charge is -2.41. The van der Waals surface area contributed by atoms with E-state index < -0.39 is 0 Å². The van der Waals surface area contributed by atoms with E-state index in [1.54, 1.807) is 31.4 Å². The average Bonchev–Trinajstić information content (AvgIpc) is 2.55. The molecule has 3 heterocycles. The van der Waals surface area contributed by atoms with E-state index in [0.29, 0.717) is 23.3 Å². The summed E-state index contributed by atoms with van der Waals surface area (Å²) >= 11 is 0. The van der Waals surface area contributed by atoms with Gasteiger partial charge in [-0.15, -0.1) is 0 Å². The molecule has 0 saturated carbocycles. The molecule has 7 nitrogen and oxygen atoms in total. The molecule has 3 amide bonds. The SMILES string of the molecule is CC1CC(C)CN(C(=O)CN2C(=O)N(C)N(C)c3ncccc32)C1. The first-order valence-corrected chi connectivity index (χ1v) is 8.40. The zero-order chi connectivity index (χ0) is 17.4. The second-order valence-electron chi connectivity index (χ2n) is 7.01. The minimum Gasteiger partial charge on any atom is -0.341 e. The van der Waals surface area contributed by atoms with Crippen LogP contribution in [0.25, 0.3) is 0 Å². The number of hydrogen-bond acceptors (Lipinski definition) is 4. The van der Waals surface area contributed by atoms with Crippen LogP contribution in [0.1, 0.15) is 20.3 Å². The van der Waals surface area contributed by atoms with Crippen molar-refractivity contribution in [3.8, 4) is 0 Å². The Bertz CT molecular complexity index is 640. The van der Waals surface area contributed by atoms with Crippen LogP contribution < -0.4 is 9.91 Å². The maximum Gasteiger partial charge on any atom is 0.343 e. The van der Waals surface area contributed by atoms with E-state index in [9.17, 15) is 9.59 Å². The van der Waals surface area contributed by atoms with Crippen molar-refractivity contribution in [2.45, 2.75) is 20.3 Å². The highest BCUT2D eigenvalue weighted by molar-refractivity contribution is 6.02.